The van der Waals surface area contributed by atoms with Crippen molar-refractivity contribution in [1.29, 1.82) is 0 Å². The lowest BCUT2D eigenvalue weighted by Gasteiger charge is -2.13. The zero-order valence-electron chi connectivity index (χ0n) is 14.0. The van der Waals surface area contributed by atoms with Gasteiger partial charge in [-0.05, 0) is 25.1 Å². The van der Waals surface area contributed by atoms with E-state index in [1.54, 1.807) is 6.20 Å². The standard InChI is InChI=1S/C19H18ClN3O2/c1-10-12(4-3-5-16(10)25-17-8-13(17)19(21)24)14-6-11-7-18(20)22-9-15(11)23(14)2/h3-7,9,13,17H,8H2,1-2H3,(H2,21,24). The van der Waals surface area contributed by atoms with Crippen molar-refractivity contribution in [3.05, 3.63) is 47.2 Å². The van der Waals surface area contributed by atoms with E-state index in [1.807, 2.05) is 32.2 Å². The van der Waals surface area contributed by atoms with Crippen LogP contribution in [0.5, 0.6) is 5.75 Å². The molecule has 3 aromatic rings. The number of benzene rings is 1. The Hall–Kier alpha value is -2.53. The highest BCUT2D eigenvalue weighted by Crippen LogP contribution is 2.38. The Labute approximate surface area is 150 Å². The molecule has 1 saturated carbocycles. The topological polar surface area (TPSA) is 70.1 Å². The van der Waals surface area contributed by atoms with E-state index >= 15 is 0 Å². The quantitative estimate of drug-likeness (QED) is 0.728. The smallest absolute Gasteiger partial charge is 0.224 e. The van der Waals surface area contributed by atoms with Gasteiger partial charge >= 0.3 is 0 Å². The van der Waals surface area contributed by atoms with Gasteiger partial charge in [0.05, 0.1) is 17.6 Å². The molecule has 0 spiro atoms. The number of aryl methyl sites for hydroxylation is 1. The molecule has 0 aliphatic heterocycles. The number of aromatic nitrogens is 2. The predicted molar refractivity (Wildman–Crippen MR) is 97.6 cm³/mol. The van der Waals surface area contributed by atoms with Crippen molar-refractivity contribution in [2.45, 2.75) is 19.4 Å². The third kappa shape index (κ3) is 2.74. The molecule has 2 atom stereocenters. The van der Waals surface area contributed by atoms with Gasteiger partial charge in [0.2, 0.25) is 5.91 Å². The monoisotopic (exact) mass is 355 g/mol. The molecule has 1 aromatic carbocycles. The van der Waals surface area contributed by atoms with Crippen LogP contribution in [0.4, 0.5) is 0 Å². The zero-order valence-corrected chi connectivity index (χ0v) is 14.7. The van der Waals surface area contributed by atoms with Crippen molar-refractivity contribution in [2.24, 2.45) is 18.7 Å². The number of hydrogen-bond donors (Lipinski definition) is 1. The summed E-state index contributed by atoms with van der Waals surface area (Å²) in [5.74, 6) is 0.318. The van der Waals surface area contributed by atoms with Crippen LogP contribution in [0.3, 0.4) is 0 Å². The normalized spacial score (nSPS) is 19.2. The van der Waals surface area contributed by atoms with Gasteiger partial charge in [-0.15, -0.1) is 0 Å². The van der Waals surface area contributed by atoms with Crippen LogP contribution in [0.1, 0.15) is 12.0 Å². The van der Waals surface area contributed by atoms with Crippen LogP contribution in [0, 0.1) is 12.8 Å². The van der Waals surface area contributed by atoms with Gasteiger partial charge in [-0.3, -0.25) is 4.79 Å². The van der Waals surface area contributed by atoms with E-state index in [0.717, 1.165) is 33.5 Å². The van der Waals surface area contributed by atoms with Crippen molar-refractivity contribution < 1.29 is 9.53 Å². The molecule has 1 fully saturated rings. The van der Waals surface area contributed by atoms with Crippen molar-refractivity contribution in [2.75, 3.05) is 0 Å². The van der Waals surface area contributed by atoms with Gasteiger partial charge in [0, 0.05) is 35.7 Å². The van der Waals surface area contributed by atoms with Gasteiger partial charge in [0.1, 0.15) is 17.0 Å². The lowest BCUT2D eigenvalue weighted by molar-refractivity contribution is -0.119. The third-order valence-corrected chi connectivity index (χ3v) is 5.04. The fourth-order valence-electron chi connectivity index (χ4n) is 3.25. The van der Waals surface area contributed by atoms with E-state index in [4.69, 9.17) is 22.1 Å². The molecular weight excluding hydrogens is 338 g/mol. The summed E-state index contributed by atoms with van der Waals surface area (Å²) in [6, 6.07) is 9.90. The Kier molecular flexibility index (Phi) is 3.69. The van der Waals surface area contributed by atoms with Crippen molar-refractivity contribution in [3.8, 4) is 17.0 Å². The number of ether oxygens (including phenoxy) is 1. The van der Waals surface area contributed by atoms with Gasteiger partial charge in [-0.25, -0.2) is 4.98 Å². The maximum atomic E-state index is 11.2. The number of nitrogens with two attached hydrogens (primary N) is 1. The van der Waals surface area contributed by atoms with Gasteiger partial charge in [0.25, 0.3) is 0 Å². The molecule has 25 heavy (non-hydrogen) atoms. The molecule has 128 valence electrons. The number of rotatable bonds is 4. The first-order chi connectivity index (χ1) is 12.0. The Bertz CT molecular complexity index is 996. The first kappa shape index (κ1) is 16.0. The summed E-state index contributed by atoms with van der Waals surface area (Å²) in [4.78, 5) is 15.4. The summed E-state index contributed by atoms with van der Waals surface area (Å²) >= 11 is 6.01. The largest absolute Gasteiger partial charge is 0.489 e. The SMILES string of the molecule is Cc1c(OC2CC2C(N)=O)cccc1-c1cc2cc(Cl)ncc2n1C. The molecule has 4 rings (SSSR count). The second kappa shape index (κ2) is 5.77. The number of carbonyl (C=O) groups excluding carboxylic acids is 1. The highest BCUT2D eigenvalue weighted by molar-refractivity contribution is 6.30. The molecule has 6 heteroatoms. The summed E-state index contributed by atoms with van der Waals surface area (Å²) in [7, 11) is 2.00. The molecule has 2 heterocycles. The lowest BCUT2D eigenvalue weighted by Crippen LogP contribution is -2.17. The summed E-state index contributed by atoms with van der Waals surface area (Å²) in [5, 5.41) is 1.52. The molecule has 0 radical (unpaired) electrons. The van der Waals surface area contributed by atoms with Gasteiger partial charge in [0.15, 0.2) is 0 Å². The average molecular weight is 356 g/mol. The van der Waals surface area contributed by atoms with Crippen LogP contribution in [0.15, 0.2) is 36.5 Å². The van der Waals surface area contributed by atoms with Crippen LogP contribution in [-0.2, 0) is 11.8 Å². The molecule has 1 aliphatic carbocycles. The number of amides is 1. The number of fused-ring (bicyclic) bond motifs is 1. The van der Waals surface area contributed by atoms with Crippen molar-refractivity contribution >= 4 is 28.4 Å². The Balaban J connectivity index is 1.73. The molecule has 2 N–H and O–H groups in total. The number of pyridine rings is 1. The minimum absolute atomic E-state index is 0.109. The minimum Gasteiger partial charge on any atom is -0.489 e. The fraction of sp³-hybridized carbons (Fsp3) is 0.263. The van der Waals surface area contributed by atoms with E-state index in [0.29, 0.717) is 11.6 Å². The number of hydrogen-bond acceptors (Lipinski definition) is 3. The second-order valence-corrected chi connectivity index (χ2v) is 6.87. The number of carbonyl (C=O) groups is 1. The second-order valence-electron chi connectivity index (χ2n) is 6.48. The maximum Gasteiger partial charge on any atom is 0.224 e. The first-order valence-electron chi connectivity index (χ1n) is 8.12. The van der Waals surface area contributed by atoms with E-state index in [-0.39, 0.29) is 17.9 Å². The van der Waals surface area contributed by atoms with Crippen LogP contribution in [0.2, 0.25) is 5.15 Å². The highest BCUT2D eigenvalue weighted by Gasteiger charge is 2.44. The first-order valence-corrected chi connectivity index (χ1v) is 8.50. The van der Waals surface area contributed by atoms with E-state index < -0.39 is 0 Å². The minimum atomic E-state index is -0.295. The highest BCUT2D eigenvalue weighted by atomic mass is 35.5. The van der Waals surface area contributed by atoms with E-state index in [2.05, 4.69) is 21.7 Å². The molecule has 5 nitrogen and oxygen atoms in total. The van der Waals surface area contributed by atoms with Crippen LogP contribution >= 0.6 is 11.6 Å². The van der Waals surface area contributed by atoms with Crippen LogP contribution in [-0.4, -0.2) is 21.6 Å². The average Bonchev–Trinajstić information content (AvgIpc) is 3.27. The summed E-state index contributed by atoms with van der Waals surface area (Å²) in [5.41, 5.74) is 9.51. The molecule has 0 saturated heterocycles. The molecule has 0 bridgehead atoms. The fourth-order valence-corrected chi connectivity index (χ4v) is 3.42. The van der Waals surface area contributed by atoms with Crippen molar-refractivity contribution in [3.63, 3.8) is 0 Å². The Morgan fingerprint density at radius 3 is 2.92 bits per heavy atom. The zero-order chi connectivity index (χ0) is 17.7. The van der Waals surface area contributed by atoms with Gasteiger partial charge in [-0.2, -0.15) is 0 Å². The maximum absolute atomic E-state index is 11.2. The molecule has 2 aromatic heterocycles. The molecule has 2 unspecified atom stereocenters. The number of halogens is 1. The Morgan fingerprint density at radius 1 is 1.40 bits per heavy atom. The van der Waals surface area contributed by atoms with Crippen molar-refractivity contribution in [1.82, 2.24) is 9.55 Å². The number of nitrogens with zero attached hydrogens (tertiary/aromatic N) is 2. The Morgan fingerprint density at radius 2 is 2.20 bits per heavy atom. The predicted octanol–water partition coefficient (Wildman–Crippen LogP) is 3.45. The summed E-state index contributed by atoms with van der Waals surface area (Å²) < 4.78 is 8.07. The van der Waals surface area contributed by atoms with E-state index in [1.165, 1.54) is 0 Å². The number of primary amides is 1. The van der Waals surface area contributed by atoms with Gasteiger partial charge < -0.3 is 15.0 Å². The molecule has 1 aliphatic rings. The molecular formula is C19H18ClN3O2. The lowest BCUT2D eigenvalue weighted by atomic mass is 10.0. The third-order valence-electron chi connectivity index (χ3n) is 4.83. The molecule has 1 amide bonds. The van der Waals surface area contributed by atoms with E-state index in [9.17, 15) is 4.79 Å². The summed E-state index contributed by atoms with van der Waals surface area (Å²) in [6.07, 6.45) is 2.36. The van der Waals surface area contributed by atoms with Crippen LogP contribution < -0.4 is 10.5 Å². The summed E-state index contributed by atoms with van der Waals surface area (Å²) in [6.45, 7) is 2.02. The van der Waals surface area contributed by atoms with Gasteiger partial charge in [-0.1, -0.05) is 23.7 Å². The van der Waals surface area contributed by atoms with Crippen LogP contribution in [0.25, 0.3) is 22.2 Å².